The van der Waals surface area contributed by atoms with Crippen molar-refractivity contribution in [3.8, 4) is 11.8 Å². The van der Waals surface area contributed by atoms with E-state index in [0.717, 1.165) is 11.4 Å². The molecule has 0 aliphatic carbocycles. The van der Waals surface area contributed by atoms with Crippen molar-refractivity contribution in [3.63, 3.8) is 0 Å². The van der Waals surface area contributed by atoms with Crippen molar-refractivity contribution in [2.45, 2.75) is 20.8 Å². The number of carbonyl (C=O) groups is 1. The Morgan fingerprint density at radius 1 is 1.11 bits per heavy atom. The number of ether oxygens (including phenoxy) is 1. The van der Waals surface area contributed by atoms with Crippen molar-refractivity contribution in [2.24, 2.45) is 0 Å². The second kappa shape index (κ2) is 4.96. The molecule has 2 aromatic rings. The molecule has 0 atom stereocenters. The van der Waals surface area contributed by atoms with Crippen molar-refractivity contribution in [1.29, 1.82) is 0 Å². The van der Waals surface area contributed by atoms with Crippen molar-refractivity contribution < 1.29 is 9.53 Å². The van der Waals surface area contributed by atoms with E-state index in [0.29, 0.717) is 17.3 Å². The van der Waals surface area contributed by atoms with Crippen LogP contribution in [0.25, 0.3) is 0 Å². The van der Waals surface area contributed by atoms with Gasteiger partial charge in [0.2, 0.25) is 0 Å². The lowest BCUT2D eigenvalue weighted by molar-refractivity contribution is 0.101. The fraction of sp³-hybridized carbons (Fsp3) is 0.214. The zero-order chi connectivity index (χ0) is 13.1. The topological polar surface area (TPSA) is 52.1 Å². The maximum atomic E-state index is 11.3. The Bertz CT molecular complexity index is 574. The van der Waals surface area contributed by atoms with E-state index in [2.05, 4.69) is 9.97 Å². The van der Waals surface area contributed by atoms with Crippen LogP contribution < -0.4 is 4.74 Å². The number of benzene rings is 1. The summed E-state index contributed by atoms with van der Waals surface area (Å²) in [6.07, 6.45) is 0. The summed E-state index contributed by atoms with van der Waals surface area (Å²) in [7, 11) is 0. The molecule has 0 saturated carbocycles. The van der Waals surface area contributed by atoms with E-state index in [1.807, 2.05) is 19.9 Å². The van der Waals surface area contributed by atoms with Gasteiger partial charge in [-0.2, -0.15) is 0 Å². The van der Waals surface area contributed by atoms with E-state index in [9.17, 15) is 4.79 Å². The second-order valence-electron chi connectivity index (χ2n) is 4.12. The standard InChI is InChI=1S/C14H14N2O2/c1-9-7-10(2)16-14(15-9)18-13-6-4-5-12(8-13)11(3)17/h4-8H,1-3H3. The molecule has 0 aliphatic heterocycles. The smallest absolute Gasteiger partial charge is 0.322 e. The molecule has 0 radical (unpaired) electrons. The normalized spacial score (nSPS) is 10.2. The zero-order valence-corrected chi connectivity index (χ0v) is 10.6. The predicted octanol–water partition coefficient (Wildman–Crippen LogP) is 3.09. The number of carbonyl (C=O) groups excluding carboxylic acids is 1. The molecule has 1 aromatic heterocycles. The van der Waals surface area contributed by atoms with Gasteiger partial charge >= 0.3 is 6.01 Å². The van der Waals surface area contributed by atoms with Gasteiger partial charge in [0.25, 0.3) is 0 Å². The summed E-state index contributed by atoms with van der Waals surface area (Å²) in [4.78, 5) is 19.6. The highest BCUT2D eigenvalue weighted by Crippen LogP contribution is 2.19. The third-order valence-corrected chi connectivity index (χ3v) is 2.41. The summed E-state index contributed by atoms with van der Waals surface area (Å²) in [5.41, 5.74) is 2.30. The predicted molar refractivity (Wildman–Crippen MR) is 68.0 cm³/mol. The van der Waals surface area contributed by atoms with Gasteiger partial charge in [0.05, 0.1) is 0 Å². The molecule has 2 rings (SSSR count). The summed E-state index contributed by atoms with van der Waals surface area (Å²) in [6, 6.07) is 9.15. The summed E-state index contributed by atoms with van der Waals surface area (Å²) in [6.45, 7) is 5.29. The van der Waals surface area contributed by atoms with Gasteiger partial charge in [-0.25, -0.2) is 9.97 Å². The lowest BCUT2D eigenvalue weighted by Crippen LogP contribution is -1.97. The van der Waals surface area contributed by atoms with Gasteiger partial charge in [0, 0.05) is 17.0 Å². The van der Waals surface area contributed by atoms with Crippen LogP contribution in [0.5, 0.6) is 11.8 Å². The highest BCUT2D eigenvalue weighted by atomic mass is 16.5. The summed E-state index contributed by atoms with van der Waals surface area (Å²) in [5.74, 6) is 0.564. The molecule has 0 fully saturated rings. The van der Waals surface area contributed by atoms with Crippen molar-refractivity contribution in [1.82, 2.24) is 9.97 Å². The Hall–Kier alpha value is -2.23. The van der Waals surface area contributed by atoms with E-state index in [-0.39, 0.29) is 5.78 Å². The third kappa shape index (κ3) is 2.91. The molecule has 18 heavy (non-hydrogen) atoms. The van der Waals surface area contributed by atoms with Crippen molar-refractivity contribution >= 4 is 5.78 Å². The molecule has 0 spiro atoms. The fourth-order valence-electron chi connectivity index (χ4n) is 1.62. The van der Waals surface area contributed by atoms with E-state index >= 15 is 0 Å². The number of nitrogens with zero attached hydrogens (tertiary/aromatic N) is 2. The van der Waals surface area contributed by atoms with Gasteiger partial charge in [-0.05, 0) is 39.0 Å². The fourth-order valence-corrected chi connectivity index (χ4v) is 1.62. The molecule has 0 amide bonds. The van der Waals surface area contributed by atoms with Gasteiger partial charge in [-0.15, -0.1) is 0 Å². The van der Waals surface area contributed by atoms with Gasteiger partial charge in [0.1, 0.15) is 5.75 Å². The SMILES string of the molecule is CC(=O)c1cccc(Oc2nc(C)cc(C)n2)c1. The number of ketones is 1. The number of aromatic nitrogens is 2. The molecule has 4 nitrogen and oxygen atoms in total. The van der Waals surface area contributed by atoms with Crippen LogP contribution in [0.4, 0.5) is 0 Å². The zero-order valence-electron chi connectivity index (χ0n) is 10.6. The third-order valence-electron chi connectivity index (χ3n) is 2.41. The Morgan fingerprint density at radius 3 is 2.39 bits per heavy atom. The first-order chi connectivity index (χ1) is 8.54. The van der Waals surface area contributed by atoms with E-state index in [1.165, 1.54) is 6.92 Å². The number of rotatable bonds is 3. The van der Waals surface area contributed by atoms with E-state index < -0.39 is 0 Å². The molecule has 0 aliphatic rings. The van der Waals surface area contributed by atoms with Crippen LogP contribution in [0.15, 0.2) is 30.3 Å². The van der Waals surface area contributed by atoms with Gasteiger partial charge in [0.15, 0.2) is 5.78 Å². The molecule has 1 aromatic carbocycles. The van der Waals surface area contributed by atoms with Crippen molar-refractivity contribution in [2.75, 3.05) is 0 Å². The molecule has 0 N–H and O–H groups in total. The van der Waals surface area contributed by atoms with Crippen LogP contribution in [0.3, 0.4) is 0 Å². The van der Waals surface area contributed by atoms with Gasteiger partial charge in [-0.3, -0.25) is 4.79 Å². The lowest BCUT2D eigenvalue weighted by Gasteiger charge is -2.06. The van der Waals surface area contributed by atoms with Crippen LogP contribution in [-0.4, -0.2) is 15.8 Å². The monoisotopic (exact) mass is 242 g/mol. The minimum absolute atomic E-state index is 0.00166. The molecule has 0 saturated heterocycles. The Labute approximate surface area is 106 Å². The maximum Gasteiger partial charge on any atom is 0.322 e. The van der Waals surface area contributed by atoms with Crippen LogP contribution in [0.2, 0.25) is 0 Å². The first kappa shape index (κ1) is 12.2. The van der Waals surface area contributed by atoms with Crippen LogP contribution in [0, 0.1) is 13.8 Å². The molecule has 4 heteroatoms. The van der Waals surface area contributed by atoms with Crippen LogP contribution in [0.1, 0.15) is 28.7 Å². The van der Waals surface area contributed by atoms with E-state index in [4.69, 9.17) is 4.74 Å². The Kier molecular flexibility index (Phi) is 3.37. The maximum absolute atomic E-state index is 11.3. The minimum Gasteiger partial charge on any atom is -0.424 e. The lowest BCUT2D eigenvalue weighted by atomic mass is 10.1. The van der Waals surface area contributed by atoms with E-state index in [1.54, 1.807) is 24.3 Å². The largest absolute Gasteiger partial charge is 0.424 e. The second-order valence-corrected chi connectivity index (χ2v) is 4.12. The number of aryl methyl sites for hydroxylation is 2. The first-order valence-electron chi connectivity index (χ1n) is 5.66. The Balaban J connectivity index is 2.28. The highest BCUT2D eigenvalue weighted by molar-refractivity contribution is 5.94. The molecule has 0 bridgehead atoms. The summed E-state index contributed by atoms with van der Waals surface area (Å²) in [5, 5.41) is 0. The quantitative estimate of drug-likeness (QED) is 0.776. The average Bonchev–Trinajstić information content (AvgIpc) is 2.27. The number of hydrogen-bond donors (Lipinski definition) is 0. The van der Waals surface area contributed by atoms with Crippen LogP contribution >= 0.6 is 0 Å². The summed E-state index contributed by atoms with van der Waals surface area (Å²) >= 11 is 0. The average molecular weight is 242 g/mol. The molecular weight excluding hydrogens is 228 g/mol. The molecule has 92 valence electrons. The molecule has 1 heterocycles. The molecular formula is C14H14N2O2. The molecule has 0 unspecified atom stereocenters. The van der Waals surface area contributed by atoms with Crippen LogP contribution in [-0.2, 0) is 0 Å². The van der Waals surface area contributed by atoms with Crippen molar-refractivity contribution in [3.05, 3.63) is 47.3 Å². The number of Topliss-reactive ketones (excluding diaryl/α,β-unsaturated/α-hetero) is 1. The highest BCUT2D eigenvalue weighted by Gasteiger charge is 2.05. The van der Waals surface area contributed by atoms with Gasteiger partial charge in [-0.1, -0.05) is 12.1 Å². The Morgan fingerprint density at radius 2 is 1.78 bits per heavy atom. The summed E-state index contributed by atoms with van der Waals surface area (Å²) < 4.78 is 5.56. The first-order valence-corrected chi connectivity index (χ1v) is 5.66. The minimum atomic E-state index is 0.00166. The number of hydrogen-bond acceptors (Lipinski definition) is 4. The van der Waals surface area contributed by atoms with Gasteiger partial charge < -0.3 is 4.74 Å².